The lowest BCUT2D eigenvalue weighted by atomic mass is 9.95. The summed E-state index contributed by atoms with van der Waals surface area (Å²) in [7, 11) is -4.24. The molecular formula is C32H34N2O4S. The smallest absolute Gasteiger partial charge is 0.294 e. The molecule has 0 heterocycles. The number of aryl methyl sites for hydroxylation is 1. The van der Waals surface area contributed by atoms with E-state index in [1.807, 2.05) is 49.4 Å². The number of rotatable bonds is 11. The van der Waals surface area contributed by atoms with Crippen LogP contribution >= 0.6 is 0 Å². The fourth-order valence-electron chi connectivity index (χ4n) is 4.47. The van der Waals surface area contributed by atoms with E-state index in [0.29, 0.717) is 13.2 Å². The largest absolute Gasteiger partial charge is 0.494 e. The van der Waals surface area contributed by atoms with Crippen LogP contribution in [0.2, 0.25) is 0 Å². The first-order valence-corrected chi connectivity index (χ1v) is 14.3. The third-order valence-corrected chi connectivity index (χ3v) is 7.39. The summed E-state index contributed by atoms with van der Waals surface area (Å²) >= 11 is 0. The maximum atomic E-state index is 11.5. The second-order valence-corrected chi connectivity index (χ2v) is 10.7. The summed E-state index contributed by atoms with van der Waals surface area (Å²) < 4.78 is 38.0. The molecule has 0 atom stereocenters. The average molecular weight is 543 g/mol. The Balaban J connectivity index is 1.46. The molecule has 0 aliphatic heterocycles. The van der Waals surface area contributed by atoms with Crippen LogP contribution in [0, 0.1) is 6.92 Å². The van der Waals surface area contributed by atoms with Gasteiger partial charge >= 0.3 is 0 Å². The summed E-state index contributed by atoms with van der Waals surface area (Å²) in [5.41, 5.74) is 7.94. The zero-order valence-corrected chi connectivity index (χ0v) is 23.3. The summed E-state index contributed by atoms with van der Waals surface area (Å²) in [6.07, 6.45) is 0. The topological polar surface area (TPSA) is 78.9 Å². The molecule has 0 radical (unpaired) electrons. The average Bonchev–Trinajstić information content (AvgIpc) is 2.93. The van der Waals surface area contributed by atoms with E-state index in [9.17, 15) is 13.0 Å². The zero-order chi connectivity index (χ0) is 28.0. The van der Waals surface area contributed by atoms with Crippen LogP contribution in [-0.4, -0.2) is 26.1 Å². The Hall–Kier alpha value is -4.07. The highest BCUT2D eigenvalue weighted by atomic mass is 32.2. The number of nitrogens with zero attached hydrogens (tertiary/aromatic N) is 1. The third kappa shape index (κ3) is 7.07. The summed E-state index contributed by atoms with van der Waals surface area (Å²) in [6.45, 7) is 12.3. The van der Waals surface area contributed by atoms with E-state index >= 15 is 0 Å². The lowest BCUT2D eigenvalue weighted by molar-refractivity contribution is 0.340. The van der Waals surface area contributed by atoms with Crippen molar-refractivity contribution in [2.45, 2.75) is 32.2 Å². The molecule has 4 aromatic carbocycles. The molecule has 0 amide bonds. The lowest BCUT2D eigenvalue weighted by Gasteiger charge is -2.25. The second kappa shape index (κ2) is 12.2. The minimum absolute atomic E-state index is 0.0976. The molecule has 7 heteroatoms. The van der Waals surface area contributed by atoms with Crippen molar-refractivity contribution in [3.63, 3.8) is 0 Å². The first kappa shape index (κ1) is 28.0. The van der Waals surface area contributed by atoms with Gasteiger partial charge in [0.2, 0.25) is 0 Å². The molecule has 0 saturated carbocycles. The fraction of sp³-hybridized carbons (Fsp3) is 0.188. The Bertz CT molecular complexity index is 1550. The van der Waals surface area contributed by atoms with Crippen LogP contribution in [-0.2, 0) is 16.7 Å². The van der Waals surface area contributed by atoms with Gasteiger partial charge in [-0.1, -0.05) is 36.9 Å². The highest BCUT2D eigenvalue weighted by Gasteiger charge is 2.13. The Labute approximate surface area is 231 Å². The summed E-state index contributed by atoms with van der Waals surface area (Å²) in [5, 5.41) is 3.41. The molecule has 0 bridgehead atoms. The molecule has 0 saturated heterocycles. The van der Waals surface area contributed by atoms with Crippen LogP contribution < -0.4 is 15.0 Å². The van der Waals surface area contributed by atoms with Crippen LogP contribution in [0.15, 0.2) is 102 Å². The molecule has 4 rings (SSSR count). The number of hydrogen-bond acceptors (Lipinski definition) is 5. The van der Waals surface area contributed by atoms with E-state index in [1.165, 1.54) is 12.1 Å². The Kier molecular flexibility index (Phi) is 8.74. The van der Waals surface area contributed by atoms with Crippen molar-refractivity contribution in [2.75, 3.05) is 23.4 Å². The van der Waals surface area contributed by atoms with E-state index < -0.39 is 10.1 Å². The predicted molar refractivity (Wildman–Crippen MR) is 160 cm³/mol. The molecule has 6 nitrogen and oxygen atoms in total. The van der Waals surface area contributed by atoms with Gasteiger partial charge < -0.3 is 15.0 Å². The van der Waals surface area contributed by atoms with E-state index in [1.54, 1.807) is 6.07 Å². The maximum Gasteiger partial charge on any atom is 0.294 e. The van der Waals surface area contributed by atoms with Gasteiger partial charge in [-0.15, -0.1) is 0 Å². The van der Waals surface area contributed by atoms with Crippen molar-refractivity contribution in [2.24, 2.45) is 0 Å². The van der Waals surface area contributed by atoms with Crippen molar-refractivity contribution in [3.8, 4) is 5.75 Å². The first-order chi connectivity index (χ1) is 18.7. The normalized spacial score (nSPS) is 11.2. The predicted octanol–water partition coefficient (Wildman–Crippen LogP) is 7.47. The van der Waals surface area contributed by atoms with E-state index in [2.05, 4.69) is 61.0 Å². The van der Waals surface area contributed by atoms with Crippen molar-refractivity contribution < 1.29 is 17.7 Å². The lowest BCUT2D eigenvalue weighted by Crippen LogP contribution is -2.22. The van der Waals surface area contributed by atoms with Gasteiger partial charge in [-0.05, 0) is 109 Å². The molecule has 0 fully saturated rings. The minimum atomic E-state index is -4.24. The molecule has 4 aromatic rings. The molecule has 39 heavy (non-hydrogen) atoms. The number of anilines is 3. The standard InChI is InChI=1S/C32H34N2O4S/c1-5-34(22-25-8-7-9-31(21-25)39(35,36)37)29-16-19-32(23(3)20-29)24(4)26-10-12-27(13-11-26)33-28-14-17-30(18-15-28)38-6-2/h7-21,33H,4-6,22H2,1-3H3,(H,35,36,37). The Morgan fingerprint density at radius 1 is 0.923 bits per heavy atom. The summed E-state index contributed by atoms with van der Waals surface area (Å²) in [5.74, 6) is 0.851. The minimum Gasteiger partial charge on any atom is -0.494 e. The molecule has 0 spiro atoms. The molecular weight excluding hydrogens is 508 g/mol. The van der Waals surface area contributed by atoms with Crippen LogP contribution in [0.25, 0.3) is 5.57 Å². The van der Waals surface area contributed by atoms with Gasteiger partial charge in [0, 0.05) is 30.2 Å². The Morgan fingerprint density at radius 3 is 2.18 bits per heavy atom. The molecule has 0 unspecified atom stereocenters. The number of ether oxygens (including phenoxy) is 1. The van der Waals surface area contributed by atoms with Crippen LogP contribution in [0.3, 0.4) is 0 Å². The second-order valence-electron chi connectivity index (χ2n) is 9.27. The monoisotopic (exact) mass is 542 g/mol. The van der Waals surface area contributed by atoms with Gasteiger partial charge in [0.1, 0.15) is 5.75 Å². The van der Waals surface area contributed by atoms with Gasteiger partial charge in [0.15, 0.2) is 0 Å². The summed E-state index contributed by atoms with van der Waals surface area (Å²) in [6, 6.07) is 28.8. The number of nitrogens with one attached hydrogen (secondary N) is 1. The fourth-order valence-corrected chi connectivity index (χ4v) is 5.02. The van der Waals surface area contributed by atoms with Gasteiger partial charge in [0.05, 0.1) is 11.5 Å². The van der Waals surface area contributed by atoms with Gasteiger partial charge in [-0.2, -0.15) is 8.42 Å². The number of benzene rings is 4. The molecule has 202 valence electrons. The van der Waals surface area contributed by atoms with Crippen molar-refractivity contribution in [1.82, 2.24) is 0 Å². The Morgan fingerprint density at radius 2 is 1.59 bits per heavy atom. The highest BCUT2D eigenvalue weighted by molar-refractivity contribution is 7.85. The van der Waals surface area contributed by atoms with Gasteiger partial charge in [-0.3, -0.25) is 4.55 Å². The van der Waals surface area contributed by atoms with Crippen molar-refractivity contribution in [3.05, 3.63) is 120 Å². The van der Waals surface area contributed by atoms with Gasteiger partial charge in [0.25, 0.3) is 10.1 Å². The van der Waals surface area contributed by atoms with E-state index in [0.717, 1.165) is 57.2 Å². The van der Waals surface area contributed by atoms with E-state index in [-0.39, 0.29) is 4.90 Å². The third-order valence-electron chi connectivity index (χ3n) is 6.54. The summed E-state index contributed by atoms with van der Waals surface area (Å²) in [4.78, 5) is 2.06. The van der Waals surface area contributed by atoms with Gasteiger partial charge in [-0.25, -0.2) is 0 Å². The highest BCUT2D eigenvalue weighted by Crippen LogP contribution is 2.30. The molecule has 0 aliphatic carbocycles. The van der Waals surface area contributed by atoms with Crippen LogP contribution in [0.1, 0.15) is 36.1 Å². The molecule has 0 aliphatic rings. The van der Waals surface area contributed by atoms with Crippen molar-refractivity contribution >= 4 is 32.8 Å². The molecule has 0 aromatic heterocycles. The van der Waals surface area contributed by atoms with Crippen LogP contribution in [0.4, 0.5) is 17.1 Å². The first-order valence-electron chi connectivity index (χ1n) is 12.9. The zero-order valence-electron chi connectivity index (χ0n) is 22.5. The van der Waals surface area contributed by atoms with E-state index in [4.69, 9.17) is 4.74 Å². The van der Waals surface area contributed by atoms with Crippen molar-refractivity contribution in [1.29, 1.82) is 0 Å². The number of hydrogen-bond donors (Lipinski definition) is 2. The maximum absolute atomic E-state index is 11.5. The quantitative estimate of drug-likeness (QED) is 0.191. The van der Waals surface area contributed by atoms with Crippen LogP contribution in [0.5, 0.6) is 5.75 Å². The molecule has 2 N–H and O–H groups in total. The SMILES string of the molecule is C=C(c1ccc(Nc2ccc(OCC)cc2)cc1)c1ccc(N(CC)Cc2cccc(S(=O)(=O)O)c2)cc1C.